The molecule has 1 aromatic carbocycles. The smallest absolute Gasteiger partial charge is 0.277 e. The molecule has 0 bridgehead atoms. The molecule has 0 aliphatic heterocycles. The van der Waals surface area contributed by atoms with Crippen LogP contribution in [0.4, 0.5) is 5.13 Å². The van der Waals surface area contributed by atoms with Gasteiger partial charge in [0.05, 0.1) is 11.2 Å². The molecular weight excluding hydrogens is 344 g/mol. The van der Waals surface area contributed by atoms with Gasteiger partial charge in [-0.2, -0.15) is 5.10 Å². The molecular formula is C17H11ClN4OS. The lowest BCUT2D eigenvalue weighted by Gasteiger charge is -1.98. The largest absolute Gasteiger partial charge is 0.296 e. The van der Waals surface area contributed by atoms with E-state index in [4.69, 9.17) is 11.6 Å². The predicted octanol–water partition coefficient (Wildman–Crippen LogP) is 4.36. The summed E-state index contributed by atoms with van der Waals surface area (Å²) < 4.78 is 1.66. The Morgan fingerprint density at radius 3 is 2.79 bits per heavy atom. The Labute approximate surface area is 146 Å². The number of carbonyl (C=O) groups is 1. The first-order valence-corrected chi connectivity index (χ1v) is 8.42. The zero-order chi connectivity index (χ0) is 16.5. The molecule has 0 aliphatic rings. The molecule has 0 radical (unpaired) electrons. The number of nitrogens with zero attached hydrogens (tertiary/aromatic N) is 3. The van der Waals surface area contributed by atoms with Crippen LogP contribution in [0.25, 0.3) is 16.8 Å². The number of rotatable bonds is 3. The van der Waals surface area contributed by atoms with Crippen molar-refractivity contribution in [2.75, 3.05) is 5.32 Å². The average Bonchev–Trinajstić information content (AvgIpc) is 3.22. The predicted molar refractivity (Wildman–Crippen MR) is 95.7 cm³/mol. The van der Waals surface area contributed by atoms with Crippen LogP contribution in [0.1, 0.15) is 10.5 Å². The topological polar surface area (TPSA) is 59.3 Å². The average molecular weight is 355 g/mol. The number of pyridine rings is 1. The first-order chi connectivity index (χ1) is 11.7. The molecule has 1 amide bonds. The molecule has 118 valence electrons. The van der Waals surface area contributed by atoms with Crippen LogP contribution in [0.3, 0.4) is 0 Å². The fraction of sp³-hybridized carbons (Fsp3) is 0. The van der Waals surface area contributed by atoms with E-state index in [-0.39, 0.29) is 5.91 Å². The highest BCUT2D eigenvalue weighted by molar-refractivity contribution is 7.14. The molecule has 5 nitrogen and oxygen atoms in total. The number of fused-ring (bicyclic) bond motifs is 1. The second kappa shape index (κ2) is 6.07. The van der Waals surface area contributed by atoms with E-state index in [0.717, 1.165) is 16.8 Å². The second-order valence-electron chi connectivity index (χ2n) is 5.10. The van der Waals surface area contributed by atoms with Crippen LogP contribution in [0.5, 0.6) is 0 Å². The maximum absolute atomic E-state index is 12.3. The number of thiazole rings is 1. The molecule has 0 saturated heterocycles. The molecule has 7 heteroatoms. The van der Waals surface area contributed by atoms with Crippen molar-refractivity contribution in [3.05, 3.63) is 70.8 Å². The van der Waals surface area contributed by atoms with E-state index in [1.165, 1.54) is 11.3 Å². The highest BCUT2D eigenvalue weighted by atomic mass is 35.5. The highest BCUT2D eigenvalue weighted by Gasteiger charge is 2.13. The molecule has 0 spiro atoms. The zero-order valence-electron chi connectivity index (χ0n) is 12.3. The summed E-state index contributed by atoms with van der Waals surface area (Å²) in [7, 11) is 0. The van der Waals surface area contributed by atoms with Crippen molar-refractivity contribution in [2.24, 2.45) is 0 Å². The minimum Gasteiger partial charge on any atom is -0.296 e. The van der Waals surface area contributed by atoms with Crippen LogP contribution >= 0.6 is 22.9 Å². The Hall–Kier alpha value is -2.70. The highest BCUT2D eigenvalue weighted by Crippen LogP contribution is 2.26. The summed E-state index contributed by atoms with van der Waals surface area (Å²) in [6.07, 6.45) is 1.80. The molecule has 24 heavy (non-hydrogen) atoms. The Morgan fingerprint density at radius 1 is 1.17 bits per heavy atom. The van der Waals surface area contributed by atoms with Gasteiger partial charge in [0.1, 0.15) is 0 Å². The van der Waals surface area contributed by atoms with E-state index in [1.807, 2.05) is 47.8 Å². The second-order valence-corrected chi connectivity index (χ2v) is 6.39. The van der Waals surface area contributed by atoms with Crippen molar-refractivity contribution in [1.29, 1.82) is 0 Å². The van der Waals surface area contributed by atoms with Crippen LogP contribution in [-0.4, -0.2) is 20.5 Å². The van der Waals surface area contributed by atoms with E-state index in [2.05, 4.69) is 15.4 Å². The van der Waals surface area contributed by atoms with E-state index in [0.29, 0.717) is 15.8 Å². The molecule has 0 atom stereocenters. The molecule has 4 rings (SSSR count). The molecule has 3 aromatic heterocycles. The van der Waals surface area contributed by atoms with Gasteiger partial charge in [0.2, 0.25) is 0 Å². The van der Waals surface area contributed by atoms with Crippen molar-refractivity contribution < 1.29 is 4.79 Å². The summed E-state index contributed by atoms with van der Waals surface area (Å²) in [6.45, 7) is 0. The summed E-state index contributed by atoms with van der Waals surface area (Å²) >= 11 is 7.26. The quantitative estimate of drug-likeness (QED) is 0.594. The van der Waals surface area contributed by atoms with Gasteiger partial charge in [0.25, 0.3) is 5.91 Å². The van der Waals surface area contributed by atoms with Gasteiger partial charge < -0.3 is 0 Å². The summed E-state index contributed by atoms with van der Waals surface area (Å²) in [5, 5.41) is 10.1. The number of halogens is 1. The standard InChI is InChI=1S/C17H11ClN4OS/c18-12-6-4-11(5-7-12)15-10-24-17(19-15)20-16(23)14-9-13-3-1-2-8-22(13)21-14/h1-10H,(H,19,20,23). The molecule has 0 fully saturated rings. The fourth-order valence-electron chi connectivity index (χ4n) is 2.29. The maximum Gasteiger partial charge on any atom is 0.277 e. The lowest BCUT2D eigenvalue weighted by molar-refractivity contribution is 0.102. The van der Waals surface area contributed by atoms with Crippen molar-refractivity contribution in [2.45, 2.75) is 0 Å². The van der Waals surface area contributed by atoms with Gasteiger partial charge in [0.15, 0.2) is 10.8 Å². The van der Waals surface area contributed by atoms with E-state index < -0.39 is 0 Å². The first-order valence-electron chi connectivity index (χ1n) is 7.16. The maximum atomic E-state index is 12.3. The minimum absolute atomic E-state index is 0.282. The molecule has 0 unspecified atom stereocenters. The number of anilines is 1. The lowest BCUT2D eigenvalue weighted by atomic mass is 10.2. The number of hydrogen-bond acceptors (Lipinski definition) is 4. The summed E-state index contributed by atoms with van der Waals surface area (Å²) in [5.41, 5.74) is 2.96. The number of benzene rings is 1. The molecule has 1 N–H and O–H groups in total. The Bertz CT molecular complexity index is 989. The zero-order valence-corrected chi connectivity index (χ0v) is 13.9. The summed E-state index contributed by atoms with van der Waals surface area (Å²) in [4.78, 5) is 16.8. The van der Waals surface area contributed by atoms with E-state index in [1.54, 1.807) is 16.8 Å². The molecule has 0 aliphatic carbocycles. The van der Waals surface area contributed by atoms with E-state index in [9.17, 15) is 4.79 Å². The van der Waals surface area contributed by atoms with Crippen LogP contribution in [0, 0.1) is 0 Å². The van der Waals surface area contributed by atoms with Crippen LogP contribution in [0.15, 0.2) is 60.1 Å². The number of nitrogens with one attached hydrogen (secondary N) is 1. The number of amides is 1. The normalized spacial score (nSPS) is 10.9. The molecule has 4 aromatic rings. The Balaban J connectivity index is 1.54. The van der Waals surface area contributed by atoms with Crippen molar-refractivity contribution in [1.82, 2.24) is 14.6 Å². The van der Waals surface area contributed by atoms with Crippen LogP contribution < -0.4 is 5.32 Å². The van der Waals surface area contributed by atoms with Gasteiger partial charge in [-0.1, -0.05) is 29.8 Å². The van der Waals surface area contributed by atoms with Gasteiger partial charge >= 0.3 is 0 Å². The van der Waals surface area contributed by atoms with Crippen molar-refractivity contribution >= 4 is 39.5 Å². The third-order valence-corrected chi connectivity index (χ3v) is 4.48. The third kappa shape index (κ3) is 2.89. The fourth-order valence-corrected chi connectivity index (χ4v) is 3.14. The van der Waals surface area contributed by atoms with Gasteiger partial charge in [-0.25, -0.2) is 9.50 Å². The van der Waals surface area contributed by atoms with Gasteiger partial charge in [-0.15, -0.1) is 11.3 Å². The van der Waals surface area contributed by atoms with E-state index >= 15 is 0 Å². The molecule has 0 saturated carbocycles. The monoisotopic (exact) mass is 354 g/mol. The summed E-state index contributed by atoms with van der Waals surface area (Å²) in [6, 6.07) is 14.8. The first kappa shape index (κ1) is 14.9. The van der Waals surface area contributed by atoms with Crippen molar-refractivity contribution in [3.8, 4) is 11.3 Å². The van der Waals surface area contributed by atoms with Gasteiger partial charge in [0, 0.05) is 22.2 Å². The number of aromatic nitrogens is 3. The minimum atomic E-state index is -0.282. The molecule has 3 heterocycles. The Morgan fingerprint density at radius 2 is 2.00 bits per heavy atom. The van der Waals surface area contributed by atoms with Gasteiger partial charge in [-0.3, -0.25) is 10.1 Å². The Kier molecular flexibility index (Phi) is 3.76. The number of carbonyl (C=O) groups excluding carboxylic acids is 1. The number of hydrogen-bond donors (Lipinski definition) is 1. The van der Waals surface area contributed by atoms with Crippen molar-refractivity contribution in [3.63, 3.8) is 0 Å². The summed E-state index contributed by atoms with van der Waals surface area (Å²) in [5.74, 6) is -0.282. The lowest BCUT2D eigenvalue weighted by Crippen LogP contribution is -2.12. The van der Waals surface area contributed by atoms with Crippen LogP contribution in [0.2, 0.25) is 5.02 Å². The SMILES string of the molecule is O=C(Nc1nc(-c2ccc(Cl)cc2)cs1)c1cc2ccccn2n1. The van der Waals surface area contributed by atoms with Crippen LogP contribution in [-0.2, 0) is 0 Å². The van der Waals surface area contributed by atoms with Gasteiger partial charge in [-0.05, 0) is 30.3 Å². The third-order valence-electron chi connectivity index (χ3n) is 3.47.